The van der Waals surface area contributed by atoms with Crippen molar-refractivity contribution in [2.45, 2.75) is 0 Å². The molecule has 1 rings (SSSR count). The number of benzene rings is 1. The van der Waals surface area contributed by atoms with Gasteiger partial charge < -0.3 is 9.47 Å². The molecule has 0 atom stereocenters. The number of rotatable bonds is 3. The lowest BCUT2D eigenvalue weighted by molar-refractivity contribution is -0.142. The van der Waals surface area contributed by atoms with Crippen LogP contribution >= 0.6 is 0 Å². The zero-order valence-electron chi connectivity index (χ0n) is 7.99. The van der Waals surface area contributed by atoms with Crippen LogP contribution in [0.3, 0.4) is 0 Å². The summed E-state index contributed by atoms with van der Waals surface area (Å²) >= 11 is 0. The number of halogens is 1. The topological polar surface area (TPSA) is 59.3 Å². The van der Waals surface area contributed by atoms with Gasteiger partial charge in [0, 0.05) is 6.07 Å². The number of nitriles is 1. The Morgan fingerprint density at radius 1 is 1.60 bits per heavy atom. The van der Waals surface area contributed by atoms with E-state index in [4.69, 9.17) is 10.00 Å². The van der Waals surface area contributed by atoms with Gasteiger partial charge in [0.05, 0.1) is 12.7 Å². The Kier molecular flexibility index (Phi) is 3.63. The van der Waals surface area contributed by atoms with Gasteiger partial charge in [0.25, 0.3) is 0 Å². The molecule has 0 saturated carbocycles. The third-order valence-electron chi connectivity index (χ3n) is 1.65. The molecule has 0 aromatic heterocycles. The number of nitrogens with zero attached hydrogens (tertiary/aromatic N) is 1. The van der Waals surface area contributed by atoms with E-state index >= 15 is 0 Å². The summed E-state index contributed by atoms with van der Waals surface area (Å²) in [7, 11) is 1.23. The van der Waals surface area contributed by atoms with Crippen molar-refractivity contribution in [3.8, 4) is 11.8 Å². The second-order valence-electron chi connectivity index (χ2n) is 2.62. The van der Waals surface area contributed by atoms with Crippen LogP contribution in [0.1, 0.15) is 5.56 Å². The third-order valence-corrected chi connectivity index (χ3v) is 1.65. The van der Waals surface area contributed by atoms with Crippen LogP contribution in [-0.2, 0) is 9.53 Å². The molecule has 0 N–H and O–H groups in total. The van der Waals surface area contributed by atoms with E-state index in [1.165, 1.54) is 19.2 Å². The van der Waals surface area contributed by atoms with Crippen molar-refractivity contribution in [3.05, 3.63) is 29.6 Å². The maximum Gasteiger partial charge on any atom is 0.343 e. The van der Waals surface area contributed by atoms with Crippen LogP contribution in [0.5, 0.6) is 5.75 Å². The Balaban J connectivity index is 2.68. The van der Waals surface area contributed by atoms with E-state index in [1.54, 1.807) is 6.07 Å². The van der Waals surface area contributed by atoms with Crippen LogP contribution in [0, 0.1) is 17.1 Å². The molecule has 0 amide bonds. The summed E-state index contributed by atoms with van der Waals surface area (Å²) in [6.45, 7) is -0.290. The summed E-state index contributed by atoms with van der Waals surface area (Å²) < 4.78 is 22.3. The summed E-state index contributed by atoms with van der Waals surface area (Å²) in [4.78, 5) is 10.7. The van der Waals surface area contributed by atoms with Crippen molar-refractivity contribution in [2.24, 2.45) is 0 Å². The lowest BCUT2D eigenvalue weighted by Crippen LogP contribution is -2.12. The molecule has 5 heteroatoms. The Bertz CT molecular complexity index is 412. The van der Waals surface area contributed by atoms with E-state index < -0.39 is 11.8 Å². The van der Waals surface area contributed by atoms with Crippen LogP contribution in [0.2, 0.25) is 0 Å². The van der Waals surface area contributed by atoms with Gasteiger partial charge in [0.2, 0.25) is 0 Å². The molecule has 1 aromatic carbocycles. The summed E-state index contributed by atoms with van der Waals surface area (Å²) in [5.74, 6) is -1.06. The van der Waals surface area contributed by atoms with Gasteiger partial charge in [-0.15, -0.1) is 0 Å². The minimum absolute atomic E-state index is 0.0691. The fourth-order valence-electron chi connectivity index (χ4n) is 0.877. The summed E-state index contributed by atoms with van der Waals surface area (Å²) in [6.07, 6.45) is 0. The lowest BCUT2D eigenvalue weighted by Gasteiger charge is -2.04. The first-order chi connectivity index (χ1) is 7.17. The minimum Gasteiger partial charge on any atom is -0.482 e. The zero-order chi connectivity index (χ0) is 11.3. The quantitative estimate of drug-likeness (QED) is 0.703. The predicted molar refractivity (Wildman–Crippen MR) is 48.6 cm³/mol. The maximum absolute atomic E-state index is 13.0. The van der Waals surface area contributed by atoms with E-state index in [9.17, 15) is 9.18 Å². The molecule has 0 aliphatic rings. The zero-order valence-corrected chi connectivity index (χ0v) is 7.99. The number of carbonyl (C=O) groups is 1. The van der Waals surface area contributed by atoms with E-state index in [1.807, 2.05) is 0 Å². The fourth-order valence-corrected chi connectivity index (χ4v) is 0.877. The average Bonchev–Trinajstić information content (AvgIpc) is 2.26. The Hall–Kier alpha value is -2.09. The van der Waals surface area contributed by atoms with E-state index in [2.05, 4.69) is 4.74 Å². The third kappa shape index (κ3) is 2.95. The van der Waals surface area contributed by atoms with Crippen molar-refractivity contribution < 1.29 is 18.7 Å². The summed E-state index contributed by atoms with van der Waals surface area (Å²) in [5.41, 5.74) is -0.0691. The standard InChI is InChI=1S/C10H8FNO3/c1-14-10(13)6-15-8-3-2-7(5-12)9(11)4-8/h2-4H,6H2,1H3. The number of ether oxygens (including phenoxy) is 2. The first-order valence-electron chi connectivity index (χ1n) is 4.06. The molecule has 15 heavy (non-hydrogen) atoms. The summed E-state index contributed by atoms with van der Waals surface area (Å²) in [6, 6.07) is 5.41. The SMILES string of the molecule is COC(=O)COc1ccc(C#N)c(F)c1. The van der Waals surface area contributed by atoms with Crippen molar-refractivity contribution >= 4 is 5.97 Å². The highest BCUT2D eigenvalue weighted by molar-refractivity contribution is 5.70. The lowest BCUT2D eigenvalue weighted by atomic mass is 10.2. The molecule has 0 aliphatic heterocycles. The average molecular weight is 209 g/mol. The molecular formula is C10H8FNO3. The molecular weight excluding hydrogens is 201 g/mol. The first kappa shape index (κ1) is 11.0. The van der Waals surface area contributed by atoms with Crippen molar-refractivity contribution in [1.29, 1.82) is 5.26 Å². The molecule has 0 aliphatic carbocycles. The van der Waals surface area contributed by atoms with Crippen LogP contribution in [0.25, 0.3) is 0 Å². The molecule has 0 fully saturated rings. The van der Waals surface area contributed by atoms with E-state index in [0.29, 0.717) is 0 Å². The predicted octanol–water partition coefficient (Wildman–Crippen LogP) is 1.25. The minimum atomic E-state index is -0.681. The molecule has 0 spiro atoms. The van der Waals surface area contributed by atoms with Gasteiger partial charge in [-0.05, 0) is 12.1 Å². The highest BCUT2D eigenvalue weighted by Gasteiger charge is 2.05. The molecule has 0 radical (unpaired) electrons. The van der Waals surface area contributed by atoms with Crippen molar-refractivity contribution in [3.63, 3.8) is 0 Å². The number of hydrogen-bond acceptors (Lipinski definition) is 4. The van der Waals surface area contributed by atoms with E-state index in [-0.39, 0.29) is 17.9 Å². The van der Waals surface area contributed by atoms with Gasteiger partial charge in [-0.3, -0.25) is 0 Å². The van der Waals surface area contributed by atoms with Crippen LogP contribution in [-0.4, -0.2) is 19.7 Å². The number of esters is 1. The first-order valence-corrected chi connectivity index (χ1v) is 4.06. The molecule has 78 valence electrons. The van der Waals surface area contributed by atoms with Gasteiger partial charge in [0.15, 0.2) is 6.61 Å². The van der Waals surface area contributed by atoms with Crippen LogP contribution in [0.15, 0.2) is 18.2 Å². The maximum atomic E-state index is 13.0. The monoisotopic (exact) mass is 209 g/mol. The van der Waals surface area contributed by atoms with Gasteiger partial charge in [-0.25, -0.2) is 9.18 Å². The van der Waals surface area contributed by atoms with Gasteiger partial charge in [-0.1, -0.05) is 0 Å². The molecule has 0 unspecified atom stereocenters. The van der Waals surface area contributed by atoms with Crippen LogP contribution < -0.4 is 4.74 Å². The number of carbonyl (C=O) groups excluding carboxylic acids is 1. The van der Waals surface area contributed by atoms with E-state index in [0.717, 1.165) is 6.07 Å². The summed E-state index contributed by atoms with van der Waals surface area (Å²) in [5, 5.41) is 8.46. The largest absolute Gasteiger partial charge is 0.482 e. The smallest absolute Gasteiger partial charge is 0.343 e. The van der Waals surface area contributed by atoms with Gasteiger partial charge >= 0.3 is 5.97 Å². The highest BCUT2D eigenvalue weighted by atomic mass is 19.1. The Morgan fingerprint density at radius 3 is 2.87 bits per heavy atom. The molecule has 1 aromatic rings. The van der Waals surface area contributed by atoms with Gasteiger partial charge in [0.1, 0.15) is 17.6 Å². The fraction of sp³-hybridized carbons (Fsp3) is 0.200. The van der Waals surface area contributed by atoms with Gasteiger partial charge in [-0.2, -0.15) is 5.26 Å². The normalized spacial score (nSPS) is 9.13. The molecule has 0 heterocycles. The molecule has 0 bridgehead atoms. The van der Waals surface area contributed by atoms with Crippen molar-refractivity contribution in [1.82, 2.24) is 0 Å². The second-order valence-corrected chi connectivity index (χ2v) is 2.62. The number of methoxy groups -OCH3 is 1. The second kappa shape index (κ2) is 4.96. The Labute approximate surface area is 85.8 Å². The number of hydrogen-bond donors (Lipinski definition) is 0. The van der Waals surface area contributed by atoms with Crippen LogP contribution in [0.4, 0.5) is 4.39 Å². The molecule has 0 saturated heterocycles. The van der Waals surface area contributed by atoms with Crippen molar-refractivity contribution in [2.75, 3.05) is 13.7 Å². The highest BCUT2D eigenvalue weighted by Crippen LogP contribution is 2.15. The Morgan fingerprint density at radius 2 is 2.33 bits per heavy atom. The molecule has 4 nitrogen and oxygen atoms in total.